The van der Waals surface area contributed by atoms with Crippen molar-refractivity contribution in [2.45, 2.75) is 59.7 Å². The highest BCUT2D eigenvalue weighted by Crippen LogP contribution is 2.13. The van der Waals surface area contributed by atoms with E-state index in [0.717, 1.165) is 16.7 Å². The fourth-order valence-electron chi connectivity index (χ4n) is 3.43. The van der Waals surface area contributed by atoms with Crippen molar-refractivity contribution < 1.29 is 14.4 Å². The number of amides is 3. The monoisotopic (exact) mass is 467 g/mol. The van der Waals surface area contributed by atoms with E-state index < -0.39 is 23.4 Å². The van der Waals surface area contributed by atoms with Crippen LogP contribution in [-0.2, 0) is 16.1 Å². The van der Waals surface area contributed by atoms with Gasteiger partial charge in [-0.05, 0) is 64.8 Å². The van der Waals surface area contributed by atoms with E-state index in [4.69, 9.17) is 5.73 Å². The Morgan fingerprint density at radius 1 is 0.971 bits per heavy atom. The van der Waals surface area contributed by atoms with Crippen molar-refractivity contribution >= 4 is 23.4 Å². The molecule has 8 heteroatoms. The number of aryl methyl sites for hydroxylation is 3. The molecule has 2 rings (SSSR count). The third kappa shape index (κ3) is 8.51. The summed E-state index contributed by atoms with van der Waals surface area (Å²) in [6.07, 6.45) is 0. The Labute approximate surface area is 202 Å². The smallest absolute Gasteiger partial charge is 0.253 e. The van der Waals surface area contributed by atoms with Gasteiger partial charge in [0.05, 0.1) is 12.1 Å². The number of nitrogens with one attached hydrogen (secondary N) is 4. The molecule has 0 fully saturated rings. The SMILES string of the molecule is Cc1ccc(CNC[C@H](NC(=O)CNC(=O)c2cc(C)ccc2N)C(=O)NC(C)(C)C)c(C)c1. The van der Waals surface area contributed by atoms with E-state index in [-0.39, 0.29) is 19.0 Å². The molecule has 8 nitrogen and oxygen atoms in total. The number of anilines is 1. The van der Waals surface area contributed by atoms with Gasteiger partial charge in [0.1, 0.15) is 6.04 Å². The number of benzene rings is 2. The molecule has 0 bridgehead atoms. The normalized spacial score (nSPS) is 12.1. The van der Waals surface area contributed by atoms with Crippen LogP contribution in [-0.4, -0.2) is 42.4 Å². The second-order valence-corrected chi connectivity index (χ2v) is 9.69. The van der Waals surface area contributed by atoms with Crippen LogP contribution >= 0.6 is 0 Å². The van der Waals surface area contributed by atoms with Gasteiger partial charge in [0.25, 0.3) is 5.91 Å². The zero-order chi connectivity index (χ0) is 25.5. The highest BCUT2D eigenvalue weighted by atomic mass is 16.2. The van der Waals surface area contributed by atoms with Crippen LogP contribution in [0.1, 0.15) is 53.4 Å². The maximum absolute atomic E-state index is 12.8. The van der Waals surface area contributed by atoms with Gasteiger partial charge in [0, 0.05) is 24.3 Å². The van der Waals surface area contributed by atoms with Crippen molar-refractivity contribution in [3.63, 3.8) is 0 Å². The summed E-state index contributed by atoms with van der Waals surface area (Å²) in [6.45, 7) is 12.1. The molecule has 0 saturated carbocycles. The van der Waals surface area contributed by atoms with E-state index in [0.29, 0.717) is 17.8 Å². The zero-order valence-corrected chi connectivity index (χ0v) is 21.0. The van der Waals surface area contributed by atoms with Gasteiger partial charge in [0.2, 0.25) is 11.8 Å². The van der Waals surface area contributed by atoms with Gasteiger partial charge in [-0.2, -0.15) is 0 Å². The van der Waals surface area contributed by atoms with Gasteiger partial charge in [-0.25, -0.2) is 0 Å². The van der Waals surface area contributed by atoms with Crippen LogP contribution in [0, 0.1) is 20.8 Å². The summed E-state index contributed by atoms with van der Waals surface area (Å²) in [7, 11) is 0. The lowest BCUT2D eigenvalue weighted by atomic mass is 10.1. The largest absolute Gasteiger partial charge is 0.398 e. The van der Waals surface area contributed by atoms with E-state index in [9.17, 15) is 14.4 Å². The molecule has 0 heterocycles. The van der Waals surface area contributed by atoms with E-state index >= 15 is 0 Å². The first-order chi connectivity index (χ1) is 15.9. The molecule has 3 amide bonds. The average molecular weight is 468 g/mol. The van der Waals surface area contributed by atoms with Gasteiger partial charge in [0.15, 0.2) is 0 Å². The molecule has 2 aromatic carbocycles. The summed E-state index contributed by atoms with van der Waals surface area (Å²) in [5.74, 6) is -1.22. The Morgan fingerprint density at radius 2 is 1.62 bits per heavy atom. The van der Waals surface area contributed by atoms with Crippen molar-refractivity contribution in [2.24, 2.45) is 0 Å². The van der Waals surface area contributed by atoms with E-state index in [1.54, 1.807) is 12.1 Å². The topological polar surface area (TPSA) is 125 Å². The van der Waals surface area contributed by atoms with Crippen LogP contribution in [0.3, 0.4) is 0 Å². The second kappa shape index (κ2) is 11.7. The highest BCUT2D eigenvalue weighted by molar-refractivity contribution is 6.01. The summed E-state index contributed by atoms with van der Waals surface area (Å²) in [5.41, 5.74) is 10.4. The van der Waals surface area contributed by atoms with Gasteiger partial charge >= 0.3 is 0 Å². The van der Waals surface area contributed by atoms with E-state index in [1.807, 2.05) is 59.7 Å². The molecule has 0 aliphatic heterocycles. The number of hydrogen-bond donors (Lipinski definition) is 5. The van der Waals surface area contributed by atoms with Crippen molar-refractivity contribution in [2.75, 3.05) is 18.8 Å². The van der Waals surface area contributed by atoms with Crippen molar-refractivity contribution in [3.8, 4) is 0 Å². The molecule has 34 heavy (non-hydrogen) atoms. The number of rotatable bonds is 9. The minimum Gasteiger partial charge on any atom is -0.398 e. The first kappa shape index (κ1) is 26.9. The van der Waals surface area contributed by atoms with Crippen LogP contribution < -0.4 is 27.0 Å². The van der Waals surface area contributed by atoms with Crippen LogP contribution in [0.2, 0.25) is 0 Å². The number of nitrogen functional groups attached to an aromatic ring is 1. The molecule has 0 aromatic heterocycles. The molecule has 0 radical (unpaired) electrons. The predicted octanol–water partition coefficient (Wildman–Crippen LogP) is 2.11. The van der Waals surface area contributed by atoms with Gasteiger partial charge in [-0.1, -0.05) is 35.4 Å². The van der Waals surface area contributed by atoms with E-state index in [2.05, 4.69) is 27.3 Å². The van der Waals surface area contributed by atoms with Gasteiger partial charge in [-0.3, -0.25) is 14.4 Å². The first-order valence-electron chi connectivity index (χ1n) is 11.4. The maximum atomic E-state index is 12.8. The Balaban J connectivity index is 1.99. The Kier molecular flexibility index (Phi) is 9.20. The third-order valence-corrected chi connectivity index (χ3v) is 5.17. The van der Waals surface area contributed by atoms with Crippen LogP contribution in [0.15, 0.2) is 36.4 Å². The van der Waals surface area contributed by atoms with E-state index in [1.165, 1.54) is 5.56 Å². The molecular formula is C26H37N5O3. The lowest BCUT2D eigenvalue weighted by Gasteiger charge is -2.26. The Morgan fingerprint density at radius 3 is 2.26 bits per heavy atom. The second-order valence-electron chi connectivity index (χ2n) is 9.69. The van der Waals surface area contributed by atoms with Crippen LogP contribution in [0.25, 0.3) is 0 Å². The molecule has 184 valence electrons. The van der Waals surface area contributed by atoms with Crippen LogP contribution in [0.5, 0.6) is 0 Å². The average Bonchev–Trinajstić information content (AvgIpc) is 2.73. The summed E-state index contributed by atoms with van der Waals surface area (Å²) in [4.78, 5) is 37.8. The predicted molar refractivity (Wildman–Crippen MR) is 135 cm³/mol. The highest BCUT2D eigenvalue weighted by Gasteiger charge is 2.24. The van der Waals surface area contributed by atoms with Crippen molar-refractivity contribution in [1.82, 2.24) is 21.3 Å². The molecule has 0 aliphatic carbocycles. The summed E-state index contributed by atoms with van der Waals surface area (Å²) in [5, 5.41) is 11.5. The Hall–Kier alpha value is -3.39. The molecule has 0 spiro atoms. The third-order valence-electron chi connectivity index (χ3n) is 5.17. The molecule has 0 aliphatic rings. The summed E-state index contributed by atoms with van der Waals surface area (Å²) >= 11 is 0. The van der Waals surface area contributed by atoms with Crippen LogP contribution in [0.4, 0.5) is 5.69 Å². The summed E-state index contributed by atoms with van der Waals surface area (Å²) in [6, 6.07) is 10.5. The number of carbonyl (C=O) groups excluding carboxylic acids is 3. The quantitative estimate of drug-likeness (QED) is 0.361. The van der Waals surface area contributed by atoms with Gasteiger partial charge in [-0.15, -0.1) is 0 Å². The molecule has 2 aromatic rings. The standard InChI is InChI=1S/C26H37N5O3/c1-16-7-9-19(18(3)11-16)13-28-14-22(25(34)31-26(4,5)6)30-23(32)15-29-24(33)20-12-17(2)8-10-21(20)27/h7-12,22,28H,13-15,27H2,1-6H3,(H,29,33)(H,30,32)(H,31,34)/t22-/m0/s1. The molecule has 6 N–H and O–H groups in total. The number of carbonyl (C=O) groups is 3. The fourth-order valence-corrected chi connectivity index (χ4v) is 3.43. The number of nitrogens with two attached hydrogens (primary N) is 1. The Bertz CT molecular complexity index is 1040. The zero-order valence-electron chi connectivity index (χ0n) is 21.0. The number of hydrogen-bond acceptors (Lipinski definition) is 5. The lowest BCUT2D eigenvalue weighted by Crippen LogP contribution is -2.56. The lowest BCUT2D eigenvalue weighted by molar-refractivity contribution is -0.129. The minimum absolute atomic E-state index is 0.236. The van der Waals surface area contributed by atoms with Crippen molar-refractivity contribution in [1.29, 1.82) is 0 Å². The molecule has 1 atom stereocenters. The molecule has 0 unspecified atom stereocenters. The maximum Gasteiger partial charge on any atom is 0.253 e. The first-order valence-corrected chi connectivity index (χ1v) is 11.4. The molecular weight excluding hydrogens is 430 g/mol. The summed E-state index contributed by atoms with van der Waals surface area (Å²) < 4.78 is 0. The van der Waals surface area contributed by atoms with Gasteiger partial charge < -0.3 is 27.0 Å². The fraction of sp³-hybridized carbons (Fsp3) is 0.423. The van der Waals surface area contributed by atoms with Crippen molar-refractivity contribution in [3.05, 3.63) is 64.2 Å². The minimum atomic E-state index is -0.807. The molecule has 0 saturated heterocycles.